The van der Waals surface area contributed by atoms with E-state index in [-0.39, 0.29) is 6.09 Å². The number of unbranched alkanes of at least 4 members (excludes halogenated alkanes) is 4. The van der Waals surface area contributed by atoms with Crippen molar-refractivity contribution in [3.8, 4) is 0 Å². The summed E-state index contributed by atoms with van der Waals surface area (Å²) in [5, 5.41) is 0. The molecule has 0 aliphatic carbocycles. The summed E-state index contributed by atoms with van der Waals surface area (Å²) in [5.74, 6) is 0. The summed E-state index contributed by atoms with van der Waals surface area (Å²) in [6.07, 6.45) is 11.6. The molecule has 104 valence electrons. The van der Waals surface area contributed by atoms with Gasteiger partial charge in [0.15, 0.2) is 0 Å². The number of amides is 1. The van der Waals surface area contributed by atoms with E-state index in [2.05, 4.69) is 13.8 Å². The van der Waals surface area contributed by atoms with Crippen LogP contribution in [-0.2, 0) is 4.74 Å². The highest BCUT2D eigenvalue weighted by Crippen LogP contribution is 2.18. The fourth-order valence-electron chi connectivity index (χ4n) is 2.18. The molecule has 0 spiro atoms. The van der Waals surface area contributed by atoms with Gasteiger partial charge < -0.3 is 4.74 Å². The van der Waals surface area contributed by atoms with Crippen LogP contribution in [0.2, 0.25) is 0 Å². The van der Waals surface area contributed by atoms with Crippen LogP contribution in [0.3, 0.4) is 0 Å². The second kappa shape index (κ2) is 9.01. The molecule has 1 aliphatic rings. The SMILES string of the molecule is CCCCCC/C(=C\N1CCOC1=O)CCCC. The van der Waals surface area contributed by atoms with Crippen LogP contribution < -0.4 is 0 Å². The molecule has 0 N–H and O–H groups in total. The van der Waals surface area contributed by atoms with Gasteiger partial charge in [0.25, 0.3) is 0 Å². The van der Waals surface area contributed by atoms with Crippen LogP contribution in [-0.4, -0.2) is 24.1 Å². The van der Waals surface area contributed by atoms with Crippen LogP contribution in [0.4, 0.5) is 4.79 Å². The van der Waals surface area contributed by atoms with E-state index in [1.54, 1.807) is 4.90 Å². The highest BCUT2D eigenvalue weighted by atomic mass is 16.6. The first-order valence-corrected chi connectivity index (χ1v) is 7.40. The predicted molar refractivity (Wildman–Crippen MR) is 74.4 cm³/mol. The lowest BCUT2D eigenvalue weighted by atomic mass is 10.0. The topological polar surface area (TPSA) is 29.5 Å². The van der Waals surface area contributed by atoms with Crippen molar-refractivity contribution < 1.29 is 9.53 Å². The van der Waals surface area contributed by atoms with Gasteiger partial charge in [-0.25, -0.2) is 4.79 Å². The normalized spacial score (nSPS) is 16.2. The van der Waals surface area contributed by atoms with E-state index in [0.717, 1.165) is 12.8 Å². The van der Waals surface area contributed by atoms with E-state index in [0.29, 0.717) is 13.2 Å². The first-order valence-electron chi connectivity index (χ1n) is 7.40. The highest BCUT2D eigenvalue weighted by Gasteiger charge is 2.20. The molecule has 3 nitrogen and oxygen atoms in total. The van der Waals surface area contributed by atoms with Crippen molar-refractivity contribution >= 4 is 6.09 Å². The fourth-order valence-corrected chi connectivity index (χ4v) is 2.18. The molecule has 0 atom stereocenters. The Morgan fingerprint density at radius 1 is 1.17 bits per heavy atom. The Labute approximate surface area is 111 Å². The minimum Gasteiger partial charge on any atom is -0.447 e. The van der Waals surface area contributed by atoms with Gasteiger partial charge in [0, 0.05) is 6.20 Å². The molecule has 0 radical (unpaired) electrons. The van der Waals surface area contributed by atoms with Gasteiger partial charge in [0.2, 0.25) is 0 Å². The maximum atomic E-state index is 11.4. The quantitative estimate of drug-likeness (QED) is 0.567. The average molecular weight is 253 g/mol. The zero-order chi connectivity index (χ0) is 13.2. The standard InChI is InChI=1S/C15H27NO2/c1-3-5-7-8-10-14(9-6-4-2)13-16-11-12-18-15(16)17/h13H,3-12H2,1-2H3/b14-13-. The van der Waals surface area contributed by atoms with E-state index >= 15 is 0 Å². The van der Waals surface area contributed by atoms with Gasteiger partial charge in [0.1, 0.15) is 6.61 Å². The van der Waals surface area contributed by atoms with Crippen molar-refractivity contribution in [1.82, 2.24) is 4.90 Å². The predicted octanol–water partition coefficient (Wildman–Crippen LogP) is 4.48. The molecule has 1 amide bonds. The molecule has 1 heterocycles. The Morgan fingerprint density at radius 2 is 1.89 bits per heavy atom. The summed E-state index contributed by atoms with van der Waals surface area (Å²) in [6.45, 7) is 5.68. The number of hydrogen-bond donors (Lipinski definition) is 0. The largest absolute Gasteiger partial charge is 0.447 e. The molecule has 3 heteroatoms. The molecule has 1 rings (SSSR count). The summed E-state index contributed by atoms with van der Waals surface area (Å²) in [6, 6.07) is 0. The van der Waals surface area contributed by atoms with E-state index < -0.39 is 0 Å². The molecule has 0 aromatic heterocycles. The average Bonchev–Trinajstić information content (AvgIpc) is 2.77. The molecular formula is C15H27NO2. The smallest absolute Gasteiger partial charge is 0.413 e. The first kappa shape index (κ1) is 15.1. The van der Waals surface area contributed by atoms with E-state index in [9.17, 15) is 4.79 Å². The zero-order valence-electron chi connectivity index (χ0n) is 11.9. The Morgan fingerprint density at radius 3 is 2.50 bits per heavy atom. The lowest BCUT2D eigenvalue weighted by molar-refractivity contribution is 0.166. The van der Waals surface area contributed by atoms with E-state index in [1.807, 2.05) is 6.20 Å². The van der Waals surface area contributed by atoms with Gasteiger partial charge in [-0.1, -0.05) is 45.1 Å². The number of ether oxygens (including phenoxy) is 1. The van der Waals surface area contributed by atoms with Gasteiger partial charge in [-0.15, -0.1) is 0 Å². The van der Waals surface area contributed by atoms with Crippen molar-refractivity contribution in [2.24, 2.45) is 0 Å². The van der Waals surface area contributed by atoms with Gasteiger partial charge in [-0.3, -0.25) is 4.90 Å². The van der Waals surface area contributed by atoms with Gasteiger partial charge >= 0.3 is 6.09 Å². The second-order valence-corrected chi connectivity index (χ2v) is 5.01. The van der Waals surface area contributed by atoms with Crippen LogP contribution in [0, 0.1) is 0 Å². The monoisotopic (exact) mass is 253 g/mol. The molecular weight excluding hydrogens is 226 g/mol. The number of rotatable bonds is 9. The molecule has 0 aromatic rings. The third-order valence-corrected chi connectivity index (χ3v) is 3.33. The van der Waals surface area contributed by atoms with Gasteiger partial charge in [0.05, 0.1) is 6.54 Å². The summed E-state index contributed by atoms with van der Waals surface area (Å²) in [4.78, 5) is 13.1. The van der Waals surface area contributed by atoms with Crippen LogP contribution in [0.1, 0.15) is 65.2 Å². The number of nitrogens with zero attached hydrogens (tertiary/aromatic N) is 1. The van der Waals surface area contributed by atoms with Gasteiger partial charge in [-0.2, -0.15) is 0 Å². The summed E-state index contributed by atoms with van der Waals surface area (Å²) >= 11 is 0. The maximum Gasteiger partial charge on any atom is 0.413 e. The molecule has 0 bridgehead atoms. The van der Waals surface area contributed by atoms with Gasteiger partial charge in [-0.05, 0) is 25.7 Å². The van der Waals surface area contributed by atoms with Crippen molar-refractivity contribution in [3.05, 3.63) is 11.8 Å². The van der Waals surface area contributed by atoms with E-state index in [1.165, 1.54) is 44.1 Å². The Kier molecular flexibility index (Phi) is 7.54. The van der Waals surface area contributed by atoms with Crippen molar-refractivity contribution in [2.45, 2.75) is 65.2 Å². The summed E-state index contributed by atoms with van der Waals surface area (Å²) < 4.78 is 4.96. The third-order valence-electron chi connectivity index (χ3n) is 3.33. The first-order chi connectivity index (χ1) is 8.77. The summed E-state index contributed by atoms with van der Waals surface area (Å²) in [5.41, 5.74) is 1.41. The minimum absolute atomic E-state index is 0.183. The van der Waals surface area contributed by atoms with Crippen molar-refractivity contribution in [3.63, 3.8) is 0 Å². The van der Waals surface area contributed by atoms with E-state index in [4.69, 9.17) is 4.74 Å². The number of carbonyl (C=O) groups is 1. The minimum atomic E-state index is -0.183. The zero-order valence-corrected chi connectivity index (χ0v) is 11.9. The third kappa shape index (κ3) is 5.56. The Bertz CT molecular complexity index is 274. The molecule has 1 saturated heterocycles. The lowest BCUT2D eigenvalue weighted by Gasteiger charge is -2.12. The molecule has 1 aliphatic heterocycles. The lowest BCUT2D eigenvalue weighted by Crippen LogP contribution is -2.18. The number of carbonyl (C=O) groups excluding carboxylic acids is 1. The maximum absolute atomic E-state index is 11.4. The van der Waals surface area contributed by atoms with Crippen LogP contribution in [0.15, 0.2) is 11.8 Å². The molecule has 0 saturated carbocycles. The van der Waals surface area contributed by atoms with Crippen molar-refractivity contribution in [2.75, 3.05) is 13.2 Å². The van der Waals surface area contributed by atoms with Crippen LogP contribution in [0.25, 0.3) is 0 Å². The summed E-state index contributed by atoms with van der Waals surface area (Å²) in [7, 11) is 0. The molecule has 1 fully saturated rings. The Hall–Kier alpha value is -0.990. The highest BCUT2D eigenvalue weighted by molar-refractivity contribution is 5.70. The van der Waals surface area contributed by atoms with Crippen LogP contribution in [0.5, 0.6) is 0 Å². The molecule has 18 heavy (non-hydrogen) atoms. The van der Waals surface area contributed by atoms with Crippen molar-refractivity contribution in [1.29, 1.82) is 0 Å². The number of allylic oxidation sites excluding steroid dienone is 1. The van der Waals surface area contributed by atoms with Crippen LogP contribution >= 0.6 is 0 Å². The number of cyclic esters (lactones) is 1. The molecule has 0 unspecified atom stereocenters. The second-order valence-electron chi connectivity index (χ2n) is 5.01. The Balaban J connectivity index is 2.42. The fraction of sp³-hybridized carbons (Fsp3) is 0.800. The number of hydrogen-bond acceptors (Lipinski definition) is 2. The molecule has 0 aromatic carbocycles.